The van der Waals surface area contributed by atoms with Gasteiger partial charge in [-0.15, -0.1) is 0 Å². The summed E-state index contributed by atoms with van der Waals surface area (Å²) in [5.74, 6) is -0.0539. The average Bonchev–Trinajstić information content (AvgIpc) is 2.90. The molecule has 5 nitrogen and oxygen atoms in total. The van der Waals surface area contributed by atoms with Crippen LogP contribution in [0.1, 0.15) is 29.6 Å². The Labute approximate surface area is 88.6 Å². The molecule has 1 aromatic rings. The molecule has 1 amide bonds. The first-order valence-electron chi connectivity index (χ1n) is 5.36. The zero-order chi connectivity index (χ0) is 10.5. The van der Waals surface area contributed by atoms with Crippen molar-refractivity contribution in [2.24, 2.45) is 0 Å². The Morgan fingerprint density at radius 3 is 3.27 bits per heavy atom. The van der Waals surface area contributed by atoms with Crippen LogP contribution in [0.2, 0.25) is 0 Å². The summed E-state index contributed by atoms with van der Waals surface area (Å²) in [6.45, 7) is 1.84. The third-order valence-electron chi connectivity index (χ3n) is 2.70. The monoisotopic (exact) mass is 208 g/mol. The number of hydrogen-bond donors (Lipinski definition) is 3. The van der Waals surface area contributed by atoms with Crippen LogP contribution in [-0.2, 0) is 0 Å². The van der Waals surface area contributed by atoms with Crippen LogP contribution in [0, 0.1) is 0 Å². The number of aromatic nitrogens is 2. The molecular formula is C10H16N4O. The van der Waals surface area contributed by atoms with Crippen molar-refractivity contribution in [1.29, 1.82) is 0 Å². The fourth-order valence-electron chi connectivity index (χ4n) is 1.84. The normalized spacial score (nSPS) is 20.4. The zero-order valence-electron chi connectivity index (χ0n) is 8.62. The maximum atomic E-state index is 11.5. The SMILES string of the molecule is O=C(NCCC1CCCN1)c1cn[nH]c1. The number of H-pyrrole nitrogens is 1. The number of carbonyl (C=O) groups excluding carboxylic acids is 1. The lowest BCUT2D eigenvalue weighted by Gasteiger charge is -2.09. The summed E-state index contributed by atoms with van der Waals surface area (Å²) in [5, 5.41) is 12.6. The summed E-state index contributed by atoms with van der Waals surface area (Å²) in [6.07, 6.45) is 6.61. The summed E-state index contributed by atoms with van der Waals surface area (Å²) < 4.78 is 0. The van der Waals surface area contributed by atoms with Crippen LogP contribution in [0.5, 0.6) is 0 Å². The largest absolute Gasteiger partial charge is 0.352 e. The molecule has 0 bridgehead atoms. The molecule has 1 unspecified atom stereocenters. The highest BCUT2D eigenvalue weighted by molar-refractivity contribution is 5.93. The highest BCUT2D eigenvalue weighted by Crippen LogP contribution is 2.07. The van der Waals surface area contributed by atoms with Crippen LogP contribution in [0.25, 0.3) is 0 Å². The number of nitrogens with zero attached hydrogens (tertiary/aromatic N) is 1. The number of rotatable bonds is 4. The molecule has 2 heterocycles. The van der Waals surface area contributed by atoms with Gasteiger partial charge < -0.3 is 10.6 Å². The van der Waals surface area contributed by atoms with E-state index in [1.165, 1.54) is 19.0 Å². The number of amides is 1. The van der Waals surface area contributed by atoms with E-state index in [0.29, 0.717) is 11.6 Å². The summed E-state index contributed by atoms with van der Waals surface area (Å²) in [7, 11) is 0. The molecule has 1 fully saturated rings. The van der Waals surface area contributed by atoms with Crippen molar-refractivity contribution < 1.29 is 4.79 Å². The molecule has 0 spiro atoms. The van der Waals surface area contributed by atoms with Gasteiger partial charge in [0, 0.05) is 18.8 Å². The molecule has 0 aromatic carbocycles. The van der Waals surface area contributed by atoms with Crippen molar-refractivity contribution in [3.8, 4) is 0 Å². The van der Waals surface area contributed by atoms with Crippen LogP contribution in [0.4, 0.5) is 0 Å². The number of carbonyl (C=O) groups is 1. The summed E-state index contributed by atoms with van der Waals surface area (Å²) in [4.78, 5) is 11.5. The van der Waals surface area contributed by atoms with Crippen molar-refractivity contribution in [3.05, 3.63) is 18.0 Å². The third kappa shape index (κ3) is 2.79. The Kier molecular flexibility index (Phi) is 3.34. The molecule has 1 aromatic heterocycles. The molecule has 1 atom stereocenters. The second-order valence-corrected chi connectivity index (χ2v) is 3.82. The lowest BCUT2D eigenvalue weighted by molar-refractivity contribution is 0.0952. The fourth-order valence-corrected chi connectivity index (χ4v) is 1.84. The first-order valence-corrected chi connectivity index (χ1v) is 5.36. The van der Waals surface area contributed by atoms with Crippen LogP contribution < -0.4 is 10.6 Å². The first kappa shape index (κ1) is 10.2. The minimum Gasteiger partial charge on any atom is -0.352 e. The van der Waals surface area contributed by atoms with Gasteiger partial charge in [0.05, 0.1) is 11.8 Å². The number of aromatic amines is 1. The van der Waals surface area contributed by atoms with Gasteiger partial charge in [-0.05, 0) is 25.8 Å². The lowest BCUT2D eigenvalue weighted by atomic mass is 10.1. The maximum Gasteiger partial charge on any atom is 0.254 e. The Bertz CT molecular complexity index is 303. The van der Waals surface area contributed by atoms with Gasteiger partial charge in [0.25, 0.3) is 5.91 Å². The van der Waals surface area contributed by atoms with E-state index in [2.05, 4.69) is 20.8 Å². The standard InChI is InChI=1S/C10H16N4O/c15-10(8-6-13-14-7-8)12-5-3-9-2-1-4-11-9/h6-7,9,11H,1-5H2,(H,12,15)(H,13,14). The van der Waals surface area contributed by atoms with E-state index >= 15 is 0 Å². The van der Waals surface area contributed by atoms with Gasteiger partial charge >= 0.3 is 0 Å². The van der Waals surface area contributed by atoms with Gasteiger partial charge in [-0.1, -0.05) is 0 Å². The molecular weight excluding hydrogens is 192 g/mol. The van der Waals surface area contributed by atoms with Crippen molar-refractivity contribution in [3.63, 3.8) is 0 Å². The molecule has 1 aliphatic heterocycles. The highest BCUT2D eigenvalue weighted by Gasteiger charge is 2.13. The van der Waals surface area contributed by atoms with E-state index in [4.69, 9.17) is 0 Å². The van der Waals surface area contributed by atoms with Crippen molar-refractivity contribution >= 4 is 5.91 Å². The number of nitrogens with one attached hydrogen (secondary N) is 3. The van der Waals surface area contributed by atoms with Crippen LogP contribution in [0.15, 0.2) is 12.4 Å². The minimum absolute atomic E-state index is 0.0539. The molecule has 1 saturated heterocycles. The predicted octanol–water partition coefficient (Wildman–Crippen LogP) is 0.282. The van der Waals surface area contributed by atoms with Gasteiger partial charge in [0.2, 0.25) is 0 Å². The van der Waals surface area contributed by atoms with E-state index in [1.54, 1.807) is 6.20 Å². The molecule has 0 radical (unpaired) electrons. The van der Waals surface area contributed by atoms with Crippen LogP contribution in [0.3, 0.4) is 0 Å². The summed E-state index contributed by atoms with van der Waals surface area (Å²) in [5.41, 5.74) is 0.592. The molecule has 0 aliphatic carbocycles. The van der Waals surface area contributed by atoms with E-state index in [-0.39, 0.29) is 5.91 Å². The Morgan fingerprint density at radius 1 is 1.67 bits per heavy atom. The van der Waals surface area contributed by atoms with E-state index in [9.17, 15) is 4.79 Å². The van der Waals surface area contributed by atoms with Gasteiger partial charge in [-0.3, -0.25) is 9.89 Å². The van der Waals surface area contributed by atoms with E-state index in [0.717, 1.165) is 19.5 Å². The molecule has 15 heavy (non-hydrogen) atoms. The second kappa shape index (κ2) is 4.93. The minimum atomic E-state index is -0.0539. The van der Waals surface area contributed by atoms with Gasteiger partial charge in [-0.2, -0.15) is 5.10 Å². The highest BCUT2D eigenvalue weighted by atomic mass is 16.1. The predicted molar refractivity (Wildman–Crippen MR) is 56.6 cm³/mol. The van der Waals surface area contributed by atoms with Crippen molar-refractivity contribution in [1.82, 2.24) is 20.8 Å². The second-order valence-electron chi connectivity index (χ2n) is 3.82. The smallest absolute Gasteiger partial charge is 0.254 e. The number of hydrogen-bond acceptors (Lipinski definition) is 3. The van der Waals surface area contributed by atoms with Crippen molar-refractivity contribution in [2.45, 2.75) is 25.3 Å². The Balaban J connectivity index is 1.67. The average molecular weight is 208 g/mol. The van der Waals surface area contributed by atoms with Crippen LogP contribution in [-0.4, -0.2) is 35.2 Å². The van der Waals surface area contributed by atoms with Crippen LogP contribution >= 0.6 is 0 Å². The molecule has 5 heteroatoms. The van der Waals surface area contributed by atoms with Gasteiger partial charge in [0.15, 0.2) is 0 Å². The van der Waals surface area contributed by atoms with Crippen molar-refractivity contribution in [2.75, 3.05) is 13.1 Å². The van der Waals surface area contributed by atoms with Gasteiger partial charge in [-0.25, -0.2) is 0 Å². The molecule has 3 N–H and O–H groups in total. The zero-order valence-corrected chi connectivity index (χ0v) is 8.62. The molecule has 1 aliphatic rings. The van der Waals surface area contributed by atoms with Gasteiger partial charge in [0.1, 0.15) is 0 Å². The summed E-state index contributed by atoms with van der Waals surface area (Å²) >= 11 is 0. The summed E-state index contributed by atoms with van der Waals surface area (Å²) in [6, 6.07) is 0.578. The maximum absolute atomic E-state index is 11.5. The Hall–Kier alpha value is -1.36. The molecule has 2 rings (SSSR count). The molecule has 82 valence electrons. The Morgan fingerprint density at radius 2 is 2.60 bits per heavy atom. The first-order chi connectivity index (χ1) is 7.36. The quantitative estimate of drug-likeness (QED) is 0.665. The molecule has 0 saturated carbocycles. The fraction of sp³-hybridized carbons (Fsp3) is 0.600. The third-order valence-corrected chi connectivity index (χ3v) is 2.70. The van der Waals surface area contributed by atoms with E-state index < -0.39 is 0 Å². The van der Waals surface area contributed by atoms with E-state index in [1.807, 2.05) is 0 Å². The lowest BCUT2D eigenvalue weighted by Crippen LogP contribution is -2.30. The topological polar surface area (TPSA) is 69.8 Å².